The van der Waals surface area contributed by atoms with Gasteiger partial charge in [0.15, 0.2) is 0 Å². The van der Waals surface area contributed by atoms with Crippen molar-refractivity contribution in [1.29, 1.82) is 0 Å². The summed E-state index contributed by atoms with van der Waals surface area (Å²) in [4.78, 5) is 28.3. The molecule has 160 valence electrons. The average Bonchev–Trinajstić information content (AvgIpc) is 2.73. The number of halogens is 2. The third kappa shape index (κ3) is 7.20. The van der Waals surface area contributed by atoms with Crippen LogP contribution in [0.4, 0.5) is 14.5 Å². The van der Waals surface area contributed by atoms with Crippen molar-refractivity contribution in [3.63, 3.8) is 0 Å². The lowest BCUT2D eigenvalue weighted by Crippen LogP contribution is -2.51. The molecule has 1 fully saturated rings. The van der Waals surface area contributed by atoms with Gasteiger partial charge in [-0.15, -0.1) is 0 Å². The fourth-order valence-corrected chi connectivity index (χ4v) is 3.30. The molecule has 0 atom stereocenters. The Hall–Kier alpha value is -2.84. The molecule has 30 heavy (non-hydrogen) atoms. The second kappa shape index (κ2) is 10.8. The zero-order valence-corrected chi connectivity index (χ0v) is 16.7. The number of anilines is 1. The highest BCUT2D eigenvalue weighted by molar-refractivity contribution is 5.92. The molecule has 0 unspecified atom stereocenters. The number of carbonyl (C=O) groups excluding carboxylic acids is 2. The van der Waals surface area contributed by atoms with Crippen LogP contribution in [0.15, 0.2) is 48.5 Å². The highest BCUT2D eigenvalue weighted by atomic mass is 19.1. The summed E-state index contributed by atoms with van der Waals surface area (Å²) >= 11 is 0. The van der Waals surface area contributed by atoms with E-state index in [1.54, 1.807) is 12.1 Å². The van der Waals surface area contributed by atoms with Crippen LogP contribution < -0.4 is 10.6 Å². The molecule has 0 saturated carbocycles. The Labute approximate surface area is 174 Å². The smallest absolute Gasteiger partial charge is 0.238 e. The Morgan fingerprint density at radius 3 is 1.83 bits per heavy atom. The maximum absolute atomic E-state index is 12.9. The van der Waals surface area contributed by atoms with E-state index in [1.165, 1.54) is 36.4 Å². The van der Waals surface area contributed by atoms with Crippen molar-refractivity contribution in [3.05, 3.63) is 65.7 Å². The molecule has 1 heterocycles. The van der Waals surface area contributed by atoms with E-state index in [2.05, 4.69) is 15.5 Å². The molecule has 2 N–H and O–H groups in total. The van der Waals surface area contributed by atoms with Crippen molar-refractivity contribution >= 4 is 17.5 Å². The topological polar surface area (TPSA) is 64.7 Å². The standard InChI is InChI=1S/C22H26F2N4O2/c23-18-3-1-17(2-4-18)9-10-25-21(29)15-27-11-13-28(14-12-27)16-22(30)26-20-7-5-19(24)6-8-20/h1-8H,9-16H2,(H,25,29)(H,26,30). The molecule has 0 bridgehead atoms. The molecule has 0 aliphatic carbocycles. The minimum Gasteiger partial charge on any atom is -0.355 e. The Morgan fingerprint density at radius 1 is 0.767 bits per heavy atom. The summed E-state index contributed by atoms with van der Waals surface area (Å²) in [5.41, 5.74) is 1.54. The van der Waals surface area contributed by atoms with E-state index >= 15 is 0 Å². The fraction of sp³-hybridized carbons (Fsp3) is 0.364. The lowest BCUT2D eigenvalue weighted by Gasteiger charge is -2.33. The van der Waals surface area contributed by atoms with Gasteiger partial charge in [0.2, 0.25) is 11.8 Å². The number of rotatable bonds is 8. The van der Waals surface area contributed by atoms with Crippen LogP contribution in [-0.4, -0.2) is 67.4 Å². The van der Waals surface area contributed by atoms with Crippen molar-refractivity contribution in [2.75, 3.05) is 51.1 Å². The van der Waals surface area contributed by atoms with E-state index in [4.69, 9.17) is 0 Å². The Balaban J connectivity index is 1.30. The number of benzene rings is 2. The number of piperazine rings is 1. The summed E-state index contributed by atoms with van der Waals surface area (Å²) in [6.07, 6.45) is 0.656. The van der Waals surface area contributed by atoms with E-state index < -0.39 is 0 Å². The lowest BCUT2D eigenvalue weighted by atomic mass is 10.1. The van der Waals surface area contributed by atoms with Crippen LogP contribution in [0.25, 0.3) is 0 Å². The van der Waals surface area contributed by atoms with Crippen LogP contribution in [-0.2, 0) is 16.0 Å². The van der Waals surface area contributed by atoms with Crippen molar-refractivity contribution < 1.29 is 18.4 Å². The van der Waals surface area contributed by atoms with Gasteiger partial charge in [-0.3, -0.25) is 19.4 Å². The molecule has 6 nitrogen and oxygen atoms in total. The minimum absolute atomic E-state index is 0.0420. The predicted molar refractivity (Wildman–Crippen MR) is 111 cm³/mol. The van der Waals surface area contributed by atoms with Crippen LogP contribution in [0.1, 0.15) is 5.56 Å². The Bertz CT molecular complexity index is 835. The van der Waals surface area contributed by atoms with Gasteiger partial charge in [-0.2, -0.15) is 0 Å². The molecule has 2 aromatic rings. The molecule has 2 amide bonds. The molecule has 2 aromatic carbocycles. The van der Waals surface area contributed by atoms with Crippen LogP contribution in [0.3, 0.4) is 0 Å². The molecule has 0 spiro atoms. The van der Waals surface area contributed by atoms with Gasteiger partial charge in [0.1, 0.15) is 11.6 Å². The van der Waals surface area contributed by atoms with Crippen molar-refractivity contribution in [3.8, 4) is 0 Å². The summed E-state index contributed by atoms with van der Waals surface area (Å²) in [6.45, 7) is 3.88. The first-order valence-electron chi connectivity index (χ1n) is 9.99. The molecule has 8 heteroatoms. The maximum Gasteiger partial charge on any atom is 0.238 e. The van der Waals surface area contributed by atoms with Gasteiger partial charge < -0.3 is 10.6 Å². The van der Waals surface area contributed by atoms with Gasteiger partial charge in [0, 0.05) is 38.4 Å². The van der Waals surface area contributed by atoms with E-state index in [0.717, 1.165) is 5.56 Å². The van der Waals surface area contributed by atoms with Crippen LogP contribution >= 0.6 is 0 Å². The largest absolute Gasteiger partial charge is 0.355 e. The first-order chi connectivity index (χ1) is 14.5. The number of hydrogen-bond donors (Lipinski definition) is 2. The number of carbonyl (C=O) groups is 2. The van der Waals surface area contributed by atoms with E-state index in [0.29, 0.717) is 51.4 Å². The summed E-state index contributed by atoms with van der Waals surface area (Å²) < 4.78 is 25.8. The molecule has 0 aromatic heterocycles. The second-order valence-electron chi connectivity index (χ2n) is 7.33. The third-order valence-electron chi connectivity index (χ3n) is 4.98. The minimum atomic E-state index is -0.344. The monoisotopic (exact) mass is 416 g/mol. The van der Waals surface area contributed by atoms with Crippen LogP contribution in [0, 0.1) is 11.6 Å². The molecule has 3 rings (SSSR count). The fourth-order valence-electron chi connectivity index (χ4n) is 3.30. The van der Waals surface area contributed by atoms with Gasteiger partial charge in [0.25, 0.3) is 0 Å². The lowest BCUT2D eigenvalue weighted by molar-refractivity contribution is -0.123. The van der Waals surface area contributed by atoms with Crippen LogP contribution in [0.5, 0.6) is 0 Å². The van der Waals surface area contributed by atoms with Crippen LogP contribution in [0.2, 0.25) is 0 Å². The quantitative estimate of drug-likeness (QED) is 0.690. The summed E-state index contributed by atoms with van der Waals surface area (Å²) in [5, 5.41) is 5.64. The highest BCUT2D eigenvalue weighted by Gasteiger charge is 2.20. The first kappa shape index (κ1) is 21.9. The number of amides is 2. The van der Waals surface area contributed by atoms with Gasteiger partial charge in [0.05, 0.1) is 13.1 Å². The molecule has 1 saturated heterocycles. The van der Waals surface area contributed by atoms with Crippen molar-refractivity contribution in [2.45, 2.75) is 6.42 Å². The van der Waals surface area contributed by atoms with Crippen molar-refractivity contribution in [1.82, 2.24) is 15.1 Å². The summed E-state index contributed by atoms with van der Waals surface area (Å²) in [6, 6.07) is 11.9. The molecule has 0 radical (unpaired) electrons. The predicted octanol–water partition coefficient (Wildman–Crippen LogP) is 1.88. The number of nitrogens with one attached hydrogen (secondary N) is 2. The average molecular weight is 416 g/mol. The number of hydrogen-bond acceptors (Lipinski definition) is 4. The third-order valence-corrected chi connectivity index (χ3v) is 4.98. The summed E-state index contributed by atoms with van der Waals surface area (Å²) in [7, 11) is 0. The van der Waals surface area contributed by atoms with Crippen molar-refractivity contribution in [2.24, 2.45) is 0 Å². The van der Waals surface area contributed by atoms with Gasteiger partial charge in [-0.1, -0.05) is 12.1 Å². The molecule has 1 aliphatic rings. The maximum atomic E-state index is 12.9. The Morgan fingerprint density at radius 2 is 1.27 bits per heavy atom. The molecule has 1 aliphatic heterocycles. The second-order valence-corrected chi connectivity index (χ2v) is 7.33. The SMILES string of the molecule is O=C(CN1CCN(CC(=O)Nc2ccc(F)cc2)CC1)NCCc1ccc(F)cc1. The van der Waals surface area contributed by atoms with E-state index in [1.807, 2.05) is 4.90 Å². The zero-order valence-electron chi connectivity index (χ0n) is 16.7. The highest BCUT2D eigenvalue weighted by Crippen LogP contribution is 2.09. The van der Waals surface area contributed by atoms with E-state index in [-0.39, 0.29) is 30.0 Å². The molecular formula is C22H26F2N4O2. The normalized spacial score (nSPS) is 15.0. The number of nitrogens with zero attached hydrogens (tertiary/aromatic N) is 2. The van der Waals surface area contributed by atoms with E-state index in [9.17, 15) is 18.4 Å². The first-order valence-corrected chi connectivity index (χ1v) is 9.99. The summed E-state index contributed by atoms with van der Waals surface area (Å²) in [5.74, 6) is -0.799. The zero-order chi connectivity index (χ0) is 21.3. The Kier molecular flexibility index (Phi) is 7.87. The van der Waals surface area contributed by atoms with Gasteiger partial charge in [-0.05, 0) is 48.4 Å². The van der Waals surface area contributed by atoms with Gasteiger partial charge in [-0.25, -0.2) is 8.78 Å². The molecular weight excluding hydrogens is 390 g/mol. The van der Waals surface area contributed by atoms with Gasteiger partial charge >= 0.3 is 0 Å².